The number of thioether (sulfide) groups is 1. The molecule has 2 amide bonds. The summed E-state index contributed by atoms with van der Waals surface area (Å²) in [7, 11) is 1.63. The number of anilines is 1. The lowest BCUT2D eigenvalue weighted by atomic mass is 9.86. The minimum absolute atomic E-state index is 0.0329. The first-order valence-electron chi connectivity index (χ1n) is 12.7. The van der Waals surface area contributed by atoms with E-state index in [9.17, 15) is 9.59 Å². The summed E-state index contributed by atoms with van der Waals surface area (Å²) in [5.41, 5.74) is 4.75. The summed E-state index contributed by atoms with van der Waals surface area (Å²) in [4.78, 5) is 28.3. The van der Waals surface area contributed by atoms with Crippen LogP contribution in [0, 0.1) is 6.92 Å². The van der Waals surface area contributed by atoms with Crippen molar-refractivity contribution in [3.05, 3.63) is 70.9 Å². The number of nitrogens with zero attached hydrogens (tertiary/aromatic N) is 3. The van der Waals surface area contributed by atoms with E-state index in [0.29, 0.717) is 5.82 Å². The van der Waals surface area contributed by atoms with E-state index in [4.69, 9.17) is 9.84 Å². The highest BCUT2D eigenvalue weighted by atomic mass is 32.2. The van der Waals surface area contributed by atoms with E-state index >= 15 is 0 Å². The average molecular weight is 519 g/mol. The molecule has 1 aliphatic heterocycles. The molecule has 1 aliphatic carbocycles. The number of rotatable bonds is 6. The predicted octanol–water partition coefficient (Wildman–Crippen LogP) is 4.93. The zero-order chi connectivity index (χ0) is 26.3. The number of aromatic nitrogens is 2. The monoisotopic (exact) mass is 518 g/mol. The van der Waals surface area contributed by atoms with Gasteiger partial charge in [0.1, 0.15) is 18.1 Å². The molecule has 2 aromatic carbocycles. The number of methoxy groups -OCH3 is 1. The maximum atomic E-state index is 13.7. The normalized spacial score (nSPS) is 17.8. The van der Waals surface area contributed by atoms with Crippen molar-refractivity contribution in [2.24, 2.45) is 0 Å². The fourth-order valence-electron chi connectivity index (χ4n) is 4.75. The zero-order valence-electron chi connectivity index (χ0n) is 22.1. The van der Waals surface area contributed by atoms with Crippen LogP contribution < -0.4 is 15.0 Å². The van der Waals surface area contributed by atoms with Crippen molar-refractivity contribution in [1.29, 1.82) is 0 Å². The van der Waals surface area contributed by atoms with Crippen molar-refractivity contribution in [1.82, 2.24) is 15.1 Å². The second-order valence-electron chi connectivity index (χ2n) is 10.8. The van der Waals surface area contributed by atoms with Crippen LogP contribution in [0.2, 0.25) is 0 Å². The Bertz CT molecular complexity index is 1320. The smallest absolute Gasteiger partial charge is 0.240 e. The summed E-state index contributed by atoms with van der Waals surface area (Å²) in [6.07, 6.45) is 1.99. The van der Waals surface area contributed by atoms with E-state index in [1.807, 2.05) is 41.1 Å². The lowest BCUT2D eigenvalue weighted by Gasteiger charge is -2.25. The summed E-state index contributed by atoms with van der Waals surface area (Å²) in [6, 6.07) is 16.2. The van der Waals surface area contributed by atoms with Gasteiger partial charge in [0.05, 0.1) is 29.5 Å². The van der Waals surface area contributed by atoms with Crippen molar-refractivity contribution >= 4 is 29.4 Å². The lowest BCUT2D eigenvalue weighted by Crippen LogP contribution is -2.43. The lowest BCUT2D eigenvalue weighted by molar-refractivity contribution is -0.123. The van der Waals surface area contributed by atoms with Crippen molar-refractivity contribution in [3.8, 4) is 11.4 Å². The van der Waals surface area contributed by atoms with Crippen LogP contribution in [0.15, 0.2) is 48.5 Å². The number of fused-ring (bicyclic) bond motifs is 1. The minimum Gasteiger partial charge on any atom is -0.497 e. The summed E-state index contributed by atoms with van der Waals surface area (Å²) in [5, 5.41) is 8.09. The van der Waals surface area contributed by atoms with Gasteiger partial charge in [-0.15, -0.1) is 11.8 Å². The number of hydrogen-bond donors (Lipinski definition) is 1. The van der Waals surface area contributed by atoms with Crippen molar-refractivity contribution in [2.45, 2.75) is 57.2 Å². The predicted molar refractivity (Wildman–Crippen MR) is 148 cm³/mol. The summed E-state index contributed by atoms with van der Waals surface area (Å²) < 4.78 is 7.21. The summed E-state index contributed by atoms with van der Waals surface area (Å²) in [6.45, 7) is 8.50. The number of amides is 2. The number of carbonyl (C=O) groups is 2. The third-order valence-electron chi connectivity index (χ3n) is 6.83. The Morgan fingerprint density at radius 1 is 1.14 bits per heavy atom. The molecule has 194 valence electrons. The molecular formula is C29H34N4O3S. The van der Waals surface area contributed by atoms with Gasteiger partial charge in [0.25, 0.3) is 0 Å². The molecule has 1 aromatic heterocycles. The molecule has 8 heteroatoms. The highest BCUT2D eigenvalue weighted by Crippen LogP contribution is 2.49. The number of carbonyl (C=O) groups excluding carboxylic acids is 2. The van der Waals surface area contributed by atoms with E-state index < -0.39 is 0 Å². The fourth-order valence-corrected chi connectivity index (χ4v) is 6.04. The molecule has 0 radical (unpaired) electrons. The molecule has 2 aliphatic rings. The van der Waals surface area contributed by atoms with Crippen LogP contribution >= 0.6 is 11.8 Å². The Balaban J connectivity index is 1.75. The van der Waals surface area contributed by atoms with Crippen LogP contribution in [-0.4, -0.2) is 47.0 Å². The SMILES string of the molecule is COc1ccc(-n2nc(C(C)(C)C)c3c2N(CC(=O)NC2CC2)C(=O)CS[C@@H]3c2ccccc2C)cc1. The molecule has 2 heterocycles. The van der Waals surface area contributed by atoms with Gasteiger partial charge in [0, 0.05) is 17.0 Å². The third-order valence-corrected chi connectivity index (χ3v) is 8.07. The molecule has 0 bridgehead atoms. The Morgan fingerprint density at radius 3 is 2.46 bits per heavy atom. The Hall–Kier alpha value is -3.26. The van der Waals surface area contributed by atoms with Crippen LogP contribution in [0.3, 0.4) is 0 Å². The van der Waals surface area contributed by atoms with E-state index in [1.54, 1.807) is 23.8 Å². The van der Waals surface area contributed by atoms with Gasteiger partial charge in [-0.05, 0) is 55.2 Å². The maximum absolute atomic E-state index is 13.7. The first kappa shape index (κ1) is 25.4. The van der Waals surface area contributed by atoms with E-state index in [0.717, 1.165) is 46.7 Å². The quantitative estimate of drug-likeness (QED) is 0.501. The molecule has 0 saturated heterocycles. The molecule has 1 saturated carbocycles. The molecule has 3 aromatic rings. The highest BCUT2D eigenvalue weighted by molar-refractivity contribution is 8.00. The first-order chi connectivity index (χ1) is 17.7. The summed E-state index contributed by atoms with van der Waals surface area (Å²) in [5.74, 6) is 1.45. The molecule has 7 nitrogen and oxygen atoms in total. The van der Waals surface area contributed by atoms with Crippen LogP contribution in [0.5, 0.6) is 5.75 Å². The standard InChI is InChI=1S/C29H34N4O3S/c1-18-8-6-7-9-22(18)26-25-27(29(2,3)4)31-33(20-12-14-21(36-5)15-13-20)28(25)32(24(35)17-37-26)16-23(34)30-19-10-11-19/h6-9,12-15,19,26H,10-11,16-17H2,1-5H3,(H,30,34)/t26-/m1/s1. The van der Waals surface area contributed by atoms with Crippen molar-refractivity contribution < 1.29 is 14.3 Å². The molecule has 1 atom stereocenters. The molecule has 1 N–H and O–H groups in total. The number of benzene rings is 2. The van der Waals surface area contributed by atoms with Crippen LogP contribution in [0.25, 0.3) is 5.69 Å². The van der Waals surface area contributed by atoms with Crippen molar-refractivity contribution in [2.75, 3.05) is 24.3 Å². The van der Waals surface area contributed by atoms with Gasteiger partial charge < -0.3 is 10.1 Å². The number of nitrogens with one attached hydrogen (secondary N) is 1. The molecule has 1 fully saturated rings. The van der Waals surface area contributed by atoms with Gasteiger partial charge in [-0.25, -0.2) is 4.68 Å². The number of aryl methyl sites for hydroxylation is 1. The van der Waals surface area contributed by atoms with Crippen LogP contribution in [0.4, 0.5) is 5.82 Å². The zero-order valence-corrected chi connectivity index (χ0v) is 22.9. The second kappa shape index (κ2) is 9.89. The topological polar surface area (TPSA) is 76.5 Å². The minimum atomic E-state index is -0.293. The van der Waals surface area contributed by atoms with E-state index in [2.05, 4.69) is 45.1 Å². The largest absolute Gasteiger partial charge is 0.497 e. The molecule has 5 rings (SSSR count). The van der Waals surface area contributed by atoms with Gasteiger partial charge in [-0.1, -0.05) is 45.0 Å². The fraction of sp³-hybridized carbons (Fsp3) is 0.414. The van der Waals surface area contributed by atoms with Crippen molar-refractivity contribution in [3.63, 3.8) is 0 Å². The first-order valence-corrected chi connectivity index (χ1v) is 13.8. The highest BCUT2D eigenvalue weighted by Gasteiger charge is 2.40. The average Bonchev–Trinajstić information content (AvgIpc) is 3.61. The van der Waals surface area contributed by atoms with Crippen LogP contribution in [0.1, 0.15) is 61.2 Å². The van der Waals surface area contributed by atoms with Gasteiger partial charge in [-0.2, -0.15) is 5.10 Å². The third kappa shape index (κ3) is 5.12. The Labute approximate surface area is 222 Å². The van der Waals surface area contributed by atoms with E-state index in [-0.39, 0.29) is 40.8 Å². The number of hydrogen-bond acceptors (Lipinski definition) is 5. The van der Waals surface area contributed by atoms with Crippen LogP contribution in [-0.2, 0) is 15.0 Å². The Kier molecular flexibility index (Phi) is 6.79. The maximum Gasteiger partial charge on any atom is 0.240 e. The Morgan fingerprint density at radius 2 is 1.84 bits per heavy atom. The summed E-state index contributed by atoms with van der Waals surface area (Å²) >= 11 is 1.61. The van der Waals surface area contributed by atoms with Gasteiger partial charge >= 0.3 is 0 Å². The number of ether oxygens (including phenoxy) is 1. The van der Waals surface area contributed by atoms with Gasteiger partial charge in [0.2, 0.25) is 11.8 Å². The molecule has 37 heavy (non-hydrogen) atoms. The molecular weight excluding hydrogens is 484 g/mol. The second-order valence-corrected chi connectivity index (χ2v) is 11.9. The molecule has 0 spiro atoms. The van der Waals surface area contributed by atoms with Gasteiger partial charge in [0.15, 0.2) is 0 Å². The van der Waals surface area contributed by atoms with Gasteiger partial charge in [-0.3, -0.25) is 14.5 Å². The molecule has 0 unspecified atom stereocenters. The van der Waals surface area contributed by atoms with E-state index in [1.165, 1.54) is 0 Å².